The normalized spacial score (nSPS) is 10.1. The van der Waals surface area contributed by atoms with E-state index in [0.717, 1.165) is 0 Å². The maximum absolute atomic E-state index is 12.4. The van der Waals surface area contributed by atoms with Crippen LogP contribution in [0.2, 0.25) is 5.02 Å². The predicted octanol–water partition coefficient (Wildman–Crippen LogP) is 3.39. The summed E-state index contributed by atoms with van der Waals surface area (Å²) in [4.78, 5) is 15.4. The molecule has 0 spiro atoms. The Balaban J connectivity index is 2.61. The molecule has 0 aliphatic rings. The van der Waals surface area contributed by atoms with Gasteiger partial charge in [-0.05, 0) is 26.0 Å². The molecule has 0 bridgehead atoms. The molecule has 0 saturated carbocycles. The second kappa shape index (κ2) is 4.67. The Bertz CT molecular complexity index is 665. The summed E-state index contributed by atoms with van der Waals surface area (Å²) in [6.07, 6.45) is 0. The van der Waals surface area contributed by atoms with Gasteiger partial charge in [0.2, 0.25) is 0 Å². The zero-order valence-corrected chi connectivity index (χ0v) is 10.8. The van der Waals surface area contributed by atoms with Crippen LogP contribution < -0.4 is 0 Å². The molecule has 2 aromatic rings. The van der Waals surface area contributed by atoms with E-state index in [4.69, 9.17) is 16.9 Å². The van der Waals surface area contributed by atoms with Crippen molar-refractivity contribution in [3.63, 3.8) is 0 Å². The second-order valence-corrected chi connectivity index (χ2v) is 4.45. The van der Waals surface area contributed by atoms with Gasteiger partial charge in [0.25, 0.3) is 0 Å². The average molecular weight is 259 g/mol. The monoisotopic (exact) mass is 258 g/mol. The molecular formula is C14H11ClN2O. The highest BCUT2D eigenvalue weighted by Gasteiger charge is 2.21. The van der Waals surface area contributed by atoms with E-state index in [1.807, 2.05) is 0 Å². The van der Waals surface area contributed by atoms with Crippen molar-refractivity contribution in [2.24, 2.45) is 0 Å². The van der Waals surface area contributed by atoms with Gasteiger partial charge in [-0.3, -0.25) is 4.79 Å². The fourth-order valence-electron chi connectivity index (χ4n) is 1.98. The smallest absolute Gasteiger partial charge is 0.197 e. The molecule has 4 heteroatoms. The van der Waals surface area contributed by atoms with Crippen molar-refractivity contribution < 1.29 is 4.79 Å². The molecule has 0 radical (unpaired) electrons. The minimum Gasteiger partial charge on any atom is -0.361 e. The second-order valence-electron chi connectivity index (χ2n) is 4.05. The largest absolute Gasteiger partial charge is 0.361 e. The number of hydrogen-bond donors (Lipinski definition) is 1. The molecule has 0 amide bonds. The Morgan fingerprint density at radius 2 is 1.94 bits per heavy atom. The third-order valence-electron chi connectivity index (χ3n) is 2.83. The Hall–Kier alpha value is -2.05. The van der Waals surface area contributed by atoms with Gasteiger partial charge in [0.15, 0.2) is 5.78 Å². The lowest BCUT2D eigenvalue weighted by Gasteiger charge is -2.03. The SMILES string of the molecule is Cc1[nH]c(C)c(C(=O)c2ccccc2Cl)c1C#N. The van der Waals surface area contributed by atoms with Gasteiger partial charge in [0, 0.05) is 17.0 Å². The Labute approximate surface area is 110 Å². The first-order valence-electron chi connectivity index (χ1n) is 5.44. The standard InChI is InChI=1S/C14H11ClN2O/c1-8-11(7-16)13(9(2)17-8)14(18)10-5-3-4-6-12(10)15/h3-6,17H,1-2H3. The van der Waals surface area contributed by atoms with Crippen LogP contribution in [0.1, 0.15) is 32.9 Å². The molecule has 0 aliphatic carbocycles. The molecule has 90 valence electrons. The summed E-state index contributed by atoms with van der Waals surface area (Å²) in [5.41, 5.74) is 2.60. The van der Waals surface area contributed by atoms with Crippen LogP contribution in [0.3, 0.4) is 0 Å². The summed E-state index contributed by atoms with van der Waals surface area (Å²) in [7, 11) is 0. The first kappa shape index (κ1) is 12.4. The van der Waals surface area contributed by atoms with Crippen molar-refractivity contribution in [2.75, 3.05) is 0 Å². The van der Waals surface area contributed by atoms with E-state index in [1.54, 1.807) is 38.1 Å². The number of benzene rings is 1. The van der Waals surface area contributed by atoms with E-state index in [0.29, 0.717) is 33.1 Å². The highest BCUT2D eigenvalue weighted by atomic mass is 35.5. The number of halogens is 1. The summed E-state index contributed by atoms with van der Waals surface area (Å²) in [6.45, 7) is 3.55. The lowest BCUT2D eigenvalue weighted by Crippen LogP contribution is -2.04. The number of ketones is 1. The van der Waals surface area contributed by atoms with Gasteiger partial charge in [-0.25, -0.2) is 0 Å². The molecule has 0 atom stereocenters. The summed E-state index contributed by atoms with van der Waals surface area (Å²) in [5, 5.41) is 9.52. The highest BCUT2D eigenvalue weighted by Crippen LogP contribution is 2.24. The number of aromatic nitrogens is 1. The minimum atomic E-state index is -0.223. The number of carbonyl (C=O) groups is 1. The van der Waals surface area contributed by atoms with Gasteiger partial charge in [-0.2, -0.15) is 5.26 Å². The zero-order chi connectivity index (χ0) is 13.3. The molecule has 18 heavy (non-hydrogen) atoms. The van der Waals surface area contributed by atoms with Crippen LogP contribution in [-0.4, -0.2) is 10.8 Å². The topological polar surface area (TPSA) is 56.6 Å². The van der Waals surface area contributed by atoms with Crippen LogP contribution in [0.5, 0.6) is 0 Å². The minimum absolute atomic E-state index is 0.223. The number of hydrogen-bond acceptors (Lipinski definition) is 2. The van der Waals surface area contributed by atoms with Crippen molar-refractivity contribution in [1.82, 2.24) is 4.98 Å². The molecule has 0 fully saturated rings. The maximum Gasteiger partial charge on any atom is 0.197 e. The fourth-order valence-corrected chi connectivity index (χ4v) is 2.21. The van der Waals surface area contributed by atoms with E-state index in [9.17, 15) is 4.79 Å². The number of rotatable bonds is 2. The Morgan fingerprint density at radius 3 is 2.56 bits per heavy atom. The van der Waals surface area contributed by atoms with Crippen LogP contribution in [0, 0.1) is 25.2 Å². The number of H-pyrrole nitrogens is 1. The van der Waals surface area contributed by atoms with E-state index < -0.39 is 0 Å². The Morgan fingerprint density at radius 1 is 1.28 bits per heavy atom. The summed E-state index contributed by atoms with van der Waals surface area (Å²) < 4.78 is 0. The van der Waals surface area contributed by atoms with Crippen LogP contribution in [0.4, 0.5) is 0 Å². The van der Waals surface area contributed by atoms with Gasteiger partial charge < -0.3 is 4.98 Å². The van der Waals surface area contributed by atoms with Crippen LogP contribution in [-0.2, 0) is 0 Å². The summed E-state index contributed by atoms with van der Waals surface area (Å²) >= 11 is 6.01. The molecular weight excluding hydrogens is 248 g/mol. The molecule has 3 nitrogen and oxygen atoms in total. The van der Waals surface area contributed by atoms with Crippen molar-refractivity contribution in [3.8, 4) is 6.07 Å². The zero-order valence-electron chi connectivity index (χ0n) is 10.0. The number of nitrogens with zero attached hydrogens (tertiary/aromatic N) is 1. The van der Waals surface area contributed by atoms with Crippen LogP contribution in [0.15, 0.2) is 24.3 Å². The maximum atomic E-state index is 12.4. The molecule has 0 saturated heterocycles. The van der Waals surface area contributed by atoms with Gasteiger partial charge in [-0.1, -0.05) is 23.7 Å². The summed E-state index contributed by atoms with van der Waals surface area (Å²) in [5.74, 6) is -0.223. The number of carbonyl (C=O) groups excluding carboxylic acids is 1. The third kappa shape index (κ3) is 1.92. The van der Waals surface area contributed by atoms with E-state index in [2.05, 4.69) is 11.1 Å². The van der Waals surface area contributed by atoms with Crippen LogP contribution >= 0.6 is 11.6 Å². The number of aryl methyl sites for hydroxylation is 2. The first-order chi connectivity index (χ1) is 8.56. The molecule has 1 aromatic carbocycles. The van der Waals surface area contributed by atoms with Crippen molar-refractivity contribution >= 4 is 17.4 Å². The first-order valence-corrected chi connectivity index (χ1v) is 5.82. The van der Waals surface area contributed by atoms with Gasteiger partial charge in [0.05, 0.1) is 16.1 Å². The highest BCUT2D eigenvalue weighted by molar-refractivity contribution is 6.35. The molecule has 0 aliphatic heterocycles. The Kier molecular flexibility index (Phi) is 3.22. The van der Waals surface area contributed by atoms with E-state index in [1.165, 1.54) is 0 Å². The van der Waals surface area contributed by atoms with Crippen LogP contribution in [0.25, 0.3) is 0 Å². The van der Waals surface area contributed by atoms with Crippen molar-refractivity contribution in [3.05, 3.63) is 57.4 Å². The van der Waals surface area contributed by atoms with Gasteiger partial charge in [0.1, 0.15) is 6.07 Å². The van der Waals surface area contributed by atoms with Crippen molar-refractivity contribution in [2.45, 2.75) is 13.8 Å². The molecule has 1 heterocycles. The fraction of sp³-hybridized carbons (Fsp3) is 0.143. The molecule has 1 N–H and O–H groups in total. The quantitative estimate of drug-likeness (QED) is 0.840. The van der Waals surface area contributed by atoms with E-state index in [-0.39, 0.29) is 5.78 Å². The molecule has 0 unspecified atom stereocenters. The third-order valence-corrected chi connectivity index (χ3v) is 3.16. The number of nitriles is 1. The van der Waals surface area contributed by atoms with Gasteiger partial charge >= 0.3 is 0 Å². The summed E-state index contributed by atoms with van der Waals surface area (Å²) in [6, 6.07) is 8.90. The predicted molar refractivity (Wildman–Crippen MR) is 69.9 cm³/mol. The molecule has 2 rings (SSSR count). The number of aromatic amines is 1. The lowest BCUT2D eigenvalue weighted by atomic mass is 9.99. The average Bonchev–Trinajstić information content (AvgIpc) is 2.63. The molecule has 1 aromatic heterocycles. The van der Waals surface area contributed by atoms with Gasteiger partial charge in [-0.15, -0.1) is 0 Å². The van der Waals surface area contributed by atoms with Crippen molar-refractivity contribution in [1.29, 1.82) is 5.26 Å². The number of nitrogens with one attached hydrogen (secondary N) is 1. The van der Waals surface area contributed by atoms with E-state index >= 15 is 0 Å². The lowest BCUT2D eigenvalue weighted by molar-refractivity contribution is 0.103.